The van der Waals surface area contributed by atoms with Crippen molar-refractivity contribution in [3.63, 3.8) is 0 Å². The van der Waals surface area contributed by atoms with Gasteiger partial charge in [0.05, 0.1) is 0 Å². The Kier molecular flexibility index (Phi) is 3.72. The van der Waals surface area contributed by atoms with E-state index in [0.717, 1.165) is 17.5 Å². The predicted octanol–water partition coefficient (Wildman–Crippen LogP) is 2.37. The number of aromatic nitrogens is 2. The first-order valence-corrected chi connectivity index (χ1v) is 5.78. The van der Waals surface area contributed by atoms with Gasteiger partial charge in [-0.15, -0.1) is 0 Å². The minimum Gasteiger partial charge on any atom is -0.383 e. The quantitative estimate of drug-likeness (QED) is 0.869. The van der Waals surface area contributed by atoms with Gasteiger partial charge in [-0.05, 0) is 24.1 Å². The van der Waals surface area contributed by atoms with Crippen molar-refractivity contribution in [3.8, 4) is 0 Å². The minimum absolute atomic E-state index is 0.243. The number of anilines is 2. The van der Waals surface area contributed by atoms with Gasteiger partial charge in [0.15, 0.2) is 0 Å². The van der Waals surface area contributed by atoms with Crippen molar-refractivity contribution in [1.29, 1.82) is 0 Å². The van der Waals surface area contributed by atoms with Gasteiger partial charge in [0.2, 0.25) is 0 Å². The molecule has 1 aromatic carbocycles. The molecule has 0 bridgehead atoms. The van der Waals surface area contributed by atoms with Gasteiger partial charge in [0, 0.05) is 12.1 Å². The fourth-order valence-corrected chi connectivity index (χ4v) is 1.76. The van der Waals surface area contributed by atoms with Gasteiger partial charge < -0.3 is 11.1 Å². The highest BCUT2D eigenvalue weighted by Gasteiger charge is 2.06. The van der Waals surface area contributed by atoms with E-state index in [4.69, 9.17) is 5.73 Å². The normalized spacial score (nSPS) is 10.3. The lowest BCUT2D eigenvalue weighted by Crippen LogP contribution is -2.08. The maximum Gasteiger partial charge on any atom is 0.134 e. The molecule has 1 aromatic heterocycles. The number of hydrogen-bond acceptors (Lipinski definition) is 4. The molecule has 94 valence electrons. The molecule has 0 unspecified atom stereocenters. The van der Waals surface area contributed by atoms with Crippen LogP contribution in [0, 0.1) is 5.82 Å². The van der Waals surface area contributed by atoms with Gasteiger partial charge >= 0.3 is 0 Å². The molecule has 0 amide bonds. The Morgan fingerprint density at radius 2 is 2.17 bits per heavy atom. The molecular formula is C13H15FN4. The van der Waals surface area contributed by atoms with E-state index >= 15 is 0 Å². The first-order chi connectivity index (χ1) is 8.70. The number of nitrogen functional groups attached to an aromatic ring is 1. The van der Waals surface area contributed by atoms with E-state index in [-0.39, 0.29) is 5.82 Å². The molecule has 2 aromatic rings. The molecule has 0 aliphatic rings. The van der Waals surface area contributed by atoms with E-state index < -0.39 is 0 Å². The largest absolute Gasteiger partial charge is 0.383 e. The van der Waals surface area contributed by atoms with Crippen molar-refractivity contribution in [2.45, 2.75) is 19.9 Å². The third kappa shape index (κ3) is 2.74. The number of nitrogens with zero attached hydrogens (tertiary/aromatic N) is 2. The second-order valence-corrected chi connectivity index (χ2v) is 3.92. The molecule has 0 radical (unpaired) electrons. The van der Waals surface area contributed by atoms with Crippen molar-refractivity contribution < 1.29 is 4.39 Å². The fraction of sp³-hybridized carbons (Fsp3) is 0.231. The summed E-state index contributed by atoms with van der Waals surface area (Å²) in [5, 5.41) is 3.15. The first-order valence-electron chi connectivity index (χ1n) is 5.78. The molecule has 0 saturated carbocycles. The van der Waals surface area contributed by atoms with Crippen LogP contribution in [0.3, 0.4) is 0 Å². The molecule has 0 atom stereocenters. The highest BCUT2D eigenvalue weighted by molar-refractivity contribution is 5.55. The lowest BCUT2D eigenvalue weighted by Gasteiger charge is -2.11. The third-order valence-electron chi connectivity index (χ3n) is 2.68. The van der Waals surface area contributed by atoms with Crippen LogP contribution in [0.1, 0.15) is 18.1 Å². The van der Waals surface area contributed by atoms with Gasteiger partial charge in [-0.25, -0.2) is 14.4 Å². The Bertz CT molecular complexity index is 542. The number of hydrogen-bond donors (Lipinski definition) is 2. The summed E-state index contributed by atoms with van der Waals surface area (Å²) in [7, 11) is 0. The Balaban J connectivity index is 2.13. The van der Waals surface area contributed by atoms with Crippen LogP contribution in [0.25, 0.3) is 0 Å². The summed E-state index contributed by atoms with van der Waals surface area (Å²) >= 11 is 0. The highest BCUT2D eigenvalue weighted by atomic mass is 19.1. The number of nitrogens with two attached hydrogens (primary N) is 1. The summed E-state index contributed by atoms with van der Waals surface area (Å²) in [6.45, 7) is 2.49. The van der Waals surface area contributed by atoms with Crippen LogP contribution in [0.15, 0.2) is 30.6 Å². The van der Waals surface area contributed by atoms with Gasteiger partial charge in [0.25, 0.3) is 0 Å². The minimum atomic E-state index is -0.243. The standard InChI is InChI=1S/C13H15FN4/c1-2-11-12(15)17-8-18-13(11)16-7-9-4-3-5-10(14)6-9/h3-6,8H,2,7H2,1H3,(H3,15,16,17,18). The van der Waals surface area contributed by atoms with Crippen LogP contribution in [0.2, 0.25) is 0 Å². The molecule has 1 heterocycles. The summed E-state index contributed by atoms with van der Waals surface area (Å²) in [5.74, 6) is 0.940. The van der Waals surface area contributed by atoms with Gasteiger partial charge in [-0.2, -0.15) is 0 Å². The predicted molar refractivity (Wildman–Crippen MR) is 69.5 cm³/mol. The molecule has 0 aliphatic heterocycles. The summed E-state index contributed by atoms with van der Waals surface area (Å²) in [5.41, 5.74) is 7.51. The highest BCUT2D eigenvalue weighted by Crippen LogP contribution is 2.18. The Morgan fingerprint density at radius 3 is 2.89 bits per heavy atom. The fourth-order valence-electron chi connectivity index (χ4n) is 1.76. The zero-order valence-corrected chi connectivity index (χ0v) is 10.2. The molecule has 0 saturated heterocycles. The van der Waals surface area contributed by atoms with E-state index in [1.165, 1.54) is 18.5 Å². The average molecular weight is 246 g/mol. The Morgan fingerprint density at radius 1 is 1.33 bits per heavy atom. The zero-order chi connectivity index (χ0) is 13.0. The van der Waals surface area contributed by atoms with Crippen LogP contribution < -0.4 is 11.1 Å². The molecule has 0 fully saturated rings. The SMILES string of the molecule is CCc1c(N)ncnc1NCc1cccc(F)c1. The number of nitrogens with one attached hydrogen (secondary N) is 1. The number of halogens is 1. The topological polar surface area (TPSA) is 63.8 Å². The Labute approximate surface area is 105 Å². The van der Waals surface area contributed by atoms with E-state index in [2.05, 4.69) is 15.3 Å². The zero-order valence-electron chi connectivity index (χ0n) is 10.2. The summed E-state index contributed by atoms with van der Waals surface area (Å²) in [6.07, 6.45) is 2.17. The second-order valence-electron chi connectivity index (χ2n) is 3.92. The first kappa shape index (κ1) is 12.3. The second kappa shape index (κ2) is 5.44. The molecule has 2 rings (SSSR count). The van der Waals surface area contributed by atoms with Crippen LogP contribution in [-0.4, -0.2) is 9.97 Å². The molecule has 18 heavy (non-hydrogen) atoms. The molecule has 4 nitrogen and oxygen atoms in total. The monoisotopic (exact) mass is 246 g/mol. The molecule has 5 heteroatoms. The van der Waals surface area contributed by atoms with Crippen LogP contribution >= 0.6 is 0 Å². The average Bonchev–Trinajstić information content (AvgIpc) is 2.36. The summed E-state index contributed by atoms with van der Waals surface area (Å²) in [6, 6.07) is 6.44. The Hall–Kier alpha value is -2.17. The van der Waals surface area contributed by atoms with Gasteiger partial charge in [0.1, 0.15) is 23.8 Å². The molecular weight excluding hydrogens is 231 g/mol. The number of benzene rings is 1. The summed E-state index contributed by atoms with van der Waals surface area (Å²) in [4.78, 5) is 8.10. The van der Waals surface area contributed by atoms with Crippen LogP contribution in [0.5, 0.6) is 0 Å². The maximum absolute atomic E-state index is 13.0. The van der Waals surface area contributed by atoms with E-state index in [0.29, 0.717) is 18.2 Å². The van der Waals surface area contributed by atoms with Gasteiger partial charge in [-0.3, -0.25) is 0 Å². The van der Waals surface area contributed by atoms with Crippen molar-refractivity contribution in [3.05, 3.63) is 47.5 Å². The third-order valence-corrected chi connectivity index (χ3v) is 2.68. The summed E-state index contributed by atoms with van der Waals surface area (Å²) < 4.78 is 13.0. The van der Waals surface area contributed by atoms with E-state index in [1.54, 1.807) is 6.07 Å². The van der Waals surface area contributed by atoms with Crippen molar-refractivity contribution in [2.24, 2.45) is 0 Å². The van der Waals surface area contributed by atoms with Gasteiger partial charge in [-0.1, -0.05) is 19.1 Å². The smallest absolute Gasteiger partial charge is 0.134 e. The van der Waals surface area contributed by atoms with E-state index in [1.807, 2.05) is 13.0 Å². The van der Waals surface area contributed by atoms with Crippen molar-refractivity contribution in [2.75, 3.05) is 11.1 Å². The molecule has 0 spiro atoms. The maximum atomic E-state index is 13.0. The van der Waals surface area contributed by atoms with Crippen LogP contribution in [-0.2, 0) is 13.0 Å². The van der Waals surface area contributed by atoms with E-state index in [9.17, 15) is 4.39 Å². The lowest BCUT2D eigenvalue weighted by atomic mass is 10.2. The molecule has 0 aliphatic carbocycles. The molecule has 3 N–H and O–H groups in total. The van der Waals surface area contributed by atoms with Crippen molar-refractivity contribution >= 4 is 11.6 Å². The van der Waals surface area contributed by atoms with Crippen molar-refractivity contribution in [1.82, 2.24) is 9.97 Å². The van der Waals surface area contributed by atoms with Crippen LogP contribution in [0.4, 0.5) is 16.0 Å². The number of rotatable bonds is 4. The lowest BCUT2D eigenvalue weighted by molar-refractivity contribution is 0.626.